The van der Waals surface area contributed by atoms with Crippen LogP contribution in [0.25, 0.3) is 0 Å². The first kappa shape index (κ1) is 28.2. The fourth-order valence-electron chi connectivity index (χ4n) is 3.87. The number of aryl methyl sites for hydroxylation is 1. The number of carbonyl (C=O) groups is 2. The van der Waals surface area contributed by atoms with Crippen molar-refractivity contribution in [2.24, 2.45) is 0 Å². The van der Waals surface area contributed by atoms with Crippen molar-refractivity contribution in [1.29, 1.82) is 0 Å². The number of rotatable bonds is 13. The van der Waals surface area contributed by atoms with Crippen LogP contribution in [-0.4, -0.2) is 57.6 Å². The second kappa shape index (κ2) is 13.1. The Kier molecular flexibility index (Phi) is 10.6. The number of anilines is 1. The predicted octanol–water partition coefficient (Wildman–Crippen LogP) is 3.49. The van der Waals surface area contributed by atoms with Gasteiger partial charge in [-0.3, -0.25) is 13.9 Å². The van der Waals surface area contributed by atoms with Gasteiger partial charge in [0.05, 0.1) is 19.1 Å². The highest BCUT2D eigenvalue weighted by Gasteiger charge is 2.28. The molecule has 0 aliphatic rings. The first-order valence-corrected chi connectivity index (χ1v) is 13.7. The average Bonchev–Trinajstić information content (AvgIpc) is 2.82. The SMILES string of the molecule is CCNC(=O)C(CC)N(Cc1ccc(C)cc1)C(=O)CCCN(c1cccc(OC)c1)S(C)(=O)=O. The van der Waals surface area contributed by atoms with Crippen LogP contribution in [0.4, 0.5) is 5.69 Å². The van der Waals surface area contributed by atoms with Crippen molar-refractivity contribution in [3.63, 3.8) is 0 Å². The van der Waals surface area contributed by atoms with Crippen molar-refractivity contribution in [1.82, 2.24) is 10.2 Å². The van der Waals surface area contributed by atoms with Gasteiger partial charge in [0.2, 0.25) is 21.8 Å². The Balaban J connectivity index is 2.20. The van der Waals surface area contributed by atoms with E-state index in [2.05, 4.69) is 5.32 Å². The maximum Gasteiger partial charge on any atom is 0.242 e. The van der Waals surface area contributed by atoms with Gasteiger partial charge in [-0.25, -0.2) is 8.42 Å². The van der Waals surface area contributed by atoms with Crippen molar-refractivity contribution < 1.29 is 22.7 Å². The van der Waals surface area contributed by atoms with Gasteiger partial charge >= 0.3 is 0 Å². The number of hydrogen-bond donors (Lipinski definition) is 1. The molecule has 2 rings (SSSR count). The van der Waals surface area contributed by atoms with E-state index < -0.39 is 16.1 Å². The molecule has 35 heavy (non-hydrogen) atoms. The average molecular weight is 504 g/mol. The molecule has 9 heteroatoms. The summed E-state index contributed by atoms with van der Waals surface area (Å²) in [7, 11) is -2.05. The lowest BCUT2D eigenvalue weighted by atomic mass is 10.1. The van der Waals surface area contributed by atoms with E-state index in [1.165, 1.54) is 11.4 Å². The molecular formula is C26H37N3O5S. The first-order valence-electron chi connectivity index (χ1n) is 11.8. The summed E-state index contributed by atoms with van der Waals surface area (Å²) in [6, 6.07) is 14.1. The summed E-state index contributed by atoms with van der Waals surface area (Å²) < 4.78 is 31.4. The number of amides is 2. The normalized spacial score (nSPS) is 12.0. The number of ether oxygens (including phenoxy) is 1. The van der Waals surface area contributed by atoms with Crippen LogP contribution < -0.4 is 14.4 Å². The highest BCUT2D eigenvalue weighted by atomic mass is 32.2. The summed E-state index contributed by atoms with van der Waals surface area (Å²) in [5.41, 5.74) is 2.52. The summed E-state index contributed by atoms with van der Waals surface area (Å²) in [6.07, 6.45) is 2.03. The lowest BCUT2D eigenvalue weighted by Gasteiger charge is -2.31. The van der Waals surface area contributed by atoms with Crippen LogP contribution in [-0.2, 0) is 26.2 Å². The molecule has 2 aromatic carbocycles. The van der Waals surface area contributed by atoms with Gasteiger partial charge in [0.1, 0.15) is 11.8 Å². The second-order valence-corrected chi connectivity index (χ2v) is 10.4. The molecular weight excluding hydrogens is 466 g/mol. The van der Waals surface area contributed by atoms with Crippen LogP contribution in [0.15, 0.2) is 48.5 Å². The number of sulfonamides is 1. The Morgan fingerprint density at radius 2 is 1.77 bits per heavy atom. The second-order valence-electron chi connectivity index (χ2n) is 8.47. The van der Waals surface area contributed by atoms with Crippen molar-refractivity contribution >= 4 is 27.5 Å². The zero-order valence-corrected chi connectivity index (χ0v) is 22.1. The maximum atomic E-state index is 13.3. The number of hydrogen-bond acceptors (Lipinski definition) is 5. The standard InChI is InChI=1S/C26H37N3O5S/c1-6-24(26(31)27-7-2)28(19-21-15-13-20(3)14-16-21)25(30)12-9-17-29(35(5,32)33)22-10-8-11-23(18-22)34-4/h8,10-11,13-16,18,24H,6-7,9,12,17,19H2,1-5H3,(H,27,31). The fraction of sp³-hybridized carbons (Fsp3) is 0.462. The van der Waals surface area contributed by atoms with E-state index in [1.807, 2.05) is 45.0 Å². The molecule has 1 N–H and O–H groups in total. The molecule has 0 aliphatic heterocycles. The minimum absolute atomic E-state index is 0.109. The summed E-state index contributed by atoms with van der Waals surface area (Å²) in [5, 5.41) is 2.82. The van der Waals surface area contributed by atoms with E-state index in [1.54, 1.807) is 29.2 Å². The van der Waals surface area contributed by atoms with Crippen LogP contribution in [0.5, 0.6) is 5.75 Å². The molecule has 0 saturated carbocycles. The molecule has 0 spiro atoms. The zero-order valence-electron chi connectivity index (χ0n) is 21.3. The molecule has 192 valence electrons. The van der Waals surface area contributed by atoms with E-state index in [9.17, 15) is 18.0 Å². The first-order chi connectivity index (χ1) is 16.6. The van der Waals surface area contributed by atoms with Crippen LogP contribution in [0.3, 0.4) is 0 Å². The minimum atomic E-state index is -3.57. The summed E-state index contributed by atoms with van der Waals surface area (Å²) in [5.74, 6) is 0.164. The smallest absolute Gasteiger partial charge is 0.242 e. The van der Waals surface area contributed by atoms with Crippen molar-refractivity contribution in [2.45, 2.75) is 52.6 Å². The van der Waals surface area contributed by atoms with Gasteiger partial charge < -0.3 is 15.0 Å². The highest BCUT2D eigenvalue weighted by Crippen LogP contribution is 2.24. The number of benzene rings is 2. The molecule has 0 aliphatic carbocycles. The van der Waals surface area contributed by atoms with E-state index >= 15 is 0 Å². The van der Waals surface area contributed by atoms with Crippen LogP contribution >= 0.6 is 0 Å². The Morgan fingerprint density at radius 1 is 1.09 bits per heavy atom. The number of carbonyl (C=O) groups excluding carboxylic acids is 2. The third-order valence-electron chi connectivity index (χ3n) is 5.70. The molecule has 0 radical (unpaired) electrons. The minimum Gasteiger partial charge on any atom is -0.497 e. The lowest BCUT2D eigenvalue weighted by Crippen LogP contribution is -2.49. The maximum absolute atomic E-state index is 13.3. The number of nitrogens with zero attached hydrogens (tertiary/aromatic N) is 2. The molecule has 2 amide bonds. The Morgan fingerprint density at radius 3 is 2.34 bits per heavy atom. The van der Waals surface area contributed by atoms with Crippen LogP contribution in [0, 0.1) is 6.92 Å². The van der Waals surface area contributed by atoms with Crippen molar-refractivity contribution in [3.05, 3.63) is 59.7 Å². The van der Waals surface area contributed by atoms with Crippen LogP contribution in [0.1, 0.15) is 44.2 Å². The van der Waals surface area contributed by atoms with Crippen molar-refractivity contribution in [3.8, 4) is 5.75 Å². The molecule has 0 fully saturated rings. The van der Waals surface area contributed by atoms with Crippen molar-refractivity contribution in [2.75, 3.05) is 30.8 Å². The van der Waals surface area contributed by atoms with E-state index in [0.717, 1.165) is 17.4 Å². The van der Waals surface area contributed by atoms with Gasteiger partial charge in [-0.2, -0.15) is 0 Å². The van der Waals surface area contributed by atoms with Gasteiger partial charge in [-0.05, 0) is 44.4 Å². The number of likely N-dealkylation sites (N-methyl/N-ethyl adjacent to an activating group) is 1. The Labute approximate surface area is 209 Å². The van der Waals surface area contributed by atoms with Gasteiger partial charge in [-0.1, -0.05) is 42.8 Å². The molecule has 0 heterocycles. The zero-order chi connectivity index (χ0) is 26.0. The summed E-state index contributed by atoms with van der Waals surface area (Å²) in [4.78, 5) is 27.7. The van der Waals surface area contributed by atoms with Gasteiger partial charge in [0.15, 0.2) is 0 Å². The predicted molar refractivity (Wildman–Crippen MR) is 139 cm³/mol. The highest BCUT2D eigenvalue weighted by molar-refractivity contribution is 7.92. The van der Waals surface area contributed by atoms with Crippen LogP contribution in [0.2, 0.25) is 0 Å². The number of methoxy groups -OCH3 is 1. The molecule has 8 nitrogen and oxygen atoms in total. The Bertz CT molecular complexity index is 1090. The largest absolute Gasteiger partial charge is 0.497 e. The lowest BCUT2D eigenvalue weighted by molar-refractivity contribution is -0.141. The quantitative estimate of drug-likeness (QED) is 0.451. The molecule has 0 aromatic heterocycles. The van der Waals surface area contributed by atoms with Gasteiger partial charge in [0, 0.05) is 32.1 Å². The molecule has 1 atom stereocenters. The molecule has 0 bridgehead atoms. The van der Waals surface area contributed by atoms with Gasteiger partial charge in [-0.15, -0.1) is 0 Å². The molecule has 2 aromatic rings. The van der Waals surface area contributed by atoms with Gasteiger partial charge in [0.25, 0.3) is 0 Å². The summed E-state index contributed by atoms with van der Waals surface area (Å²) >= 11 is 0. The van der Waals surface area contributed by atoms with E-state index in [-0.39, 0.29) is 24.8 Å². The van der Waals surface area contributed by atoms with E-state index in [4.69, 9.17) is 4.74 Å². The fourth-order valence-corrected chi connectivity index (χ4v) is 4.83. The Hall–Kier alpha value is -3.07. The molecule has 1 unspecified atom stereocenters. The van der Waals surface area contributed by atoms with E-state index in [0.29, 0.717) is 37.4 Å². The topological polar surface area (TPSA) is 96.0 Å². The third-order valence-corrected chi connectivity index (χ3v) is 6.90. The number of nitrogens with one attached hydrogen (secondary N) is 1. The monoisotopic (exact) mass is 503 g/mol. The summed E-state index contributed by atoms with van der Waals surface area (Å²) in [6.45, 7) is 6.63. The molecule has 0 saturated heterocycles. The third kappa shape index (κ3) is 8.28.